The van der Waals surface area contributed by atoms with Gasteiger partial charge in [-0.2, -0.15) is 4.98 Å². The van der Waals surface area contributed by atoms with Crippen LogP contribution >= 0.6 is 11.3 Å². The van der Waals surface area contributed by atoms with Crippen LogP contribution < -0.4 is 10.6 Å². The molecular weight excluding hydrogens is 382 g/mol. The first-order valence-corrected chi connectivity index (χ1v) is 8.99. The number of aryl methyl sites for hydroxylation is 1. The third-order valence-corrected chi connectivity index (χ3v) is 4.67. The molecule has 0 atom stereocenters. The number of hydrogen-bond acceptors (Lipinski definition) is 7. The molecule has 0 aliphatic heterocycles. The van der Waals surface area contributed by atoms with Gasteiger partial charge in [-0.15, -0.1) is 0 Å². The fraction of sp³-hybridized carbons (Fsp3) is 0.167. The van der Waals surface area contributed by atoms with Crippen LogP contribution in [0.25, 0.3) is 0 Å². The number of thiazole rings is 1. The lowest BCUT2D eigenvalue weighted by Crippen LogP contribution is -2.21. The van der Waals surface area contributed by atoms with Crippen molar-refractivity contribution in [1.82, 2.24) is 14.9 Å². The fourth-order valence-electron chi connectivity index (χ4n) is 2.21. The molecule has 3 aromatic rings. The Morgan fingerprint density at radius 2 is 1.75 bits per heavy atom. The molecule has 3 amide bonds. The van der Waals surface area contributed by atoms with Crippen LogP contribution in [0.4, 0.5) is 11.1 Å². The van der Waals surface area contributed by atoms with Gasteiger partial charge in [0.25, 0.3) is 17.7 Å². The van der Waals surface area contributed by atoms with E-state index in [2.05, 4.69) is 20.6 Å². The first-order chi connectivity index (χ1) is 13.3. The number of hydrogen-bond donors (Lipinski definition) is 2. The van der Waals surface area contributed by atoms with Gasteiger partial charge in [-0.05, 0) is 19.1 Å². The molecule has 0 bridgehead atoms. The number of anilines is 2. The normalized spacial score (nSPS) is 10.4. The van der Waals surface area contributed by atoms with Crippen LogP contribution in [0.1, 0.15) is 36.2 Å². The smallest absolute Gasteiger partial charge is 0.302 e. The van der Waals surface area contributed by atoms with Crippen molar-refractivity contribution in [3.8, 4) is 0 Å². The summed E-state index contributed by atoms with van der Waals surface area (Å²) in [6.45, 7) is 1.69. The number of aromatic nitrogens is 2. The van der Waals surface area contributed by atoms with E-state index in [9.17, 15) is 14.4 Å². The molecule has 9 nitrogen and oxygen atoms in total. The van der Waals surface area contributed by atoms with E-state index in [0.29, 0.717) is 16.1 Å². The summed E-state index contributed by atoms with van der Waals surface area (Å²) in [5.74, 6) is -1.17. The van der Waals surface area contributed by atoms with E-state index in [1.807, 2.05) is 0 Å². The Bertz CT molecular complexity index is 1030. The molecule has 0 unspecified atom stereocenters. The van der Waals surface area contributed by atoms with Crippen LogP contribution in [0.15, 0.2) is 41.0 Å². The molecule has 0 saturated heterocycles. The molecule has 0 aliphatic carbocycles. The molecular formula is C18H17N5O4S. The molecule has 0 fully saturated rings. The van der Waals surface area contributed by atoms with E-state index < -0.39 is 11.8 Å². The lowest BCUT2D eigenvalue weighted by Gasteiger charge is -2.07. The van der Waals surface area contributed by atoms with Crippen LogP contribution in [0.5, 0.6) is 0 Å². The molecule has 144 valence electrons. The zero-order valence-corrected chi connectivity index (χ0v) is 16.2. The summed E-state index contributed by atoms with van der Waals surface area (Å²) in [4.78, 5) is 46.5. The maximum Gasteiger partial charge on any atom is 0.302 e. The van der Waals surface area contributed by atoms with Gasteiger partial charge < -0.3 is 9.32 Å². The van der Waals surface area contributed by atoms with E-state index in [-0.39, 0.29) is 22.7 Å². The van der Waals surface area contributed by atoms with Crippen molar-refractivity contribution >= 4 is 40.2 Å². The van der Waals surface area contributed by atoms with Crippen LogP contribution in [0, 0.1) is 6.92 Å². The molecule has 0 spiro atoms. The van der Waals surface area contributed by atoms with Gasteiger partial charge in [0.1, 0.15) is 11.1 Å². The van der Waals surface area contributed by atoms with Gasteiger partial charge in [0, 0.05) is 19.7 Å². The average molecular weight is 399 g/mol. The van der Waals surface area contributed by atoms with Gasteiger partial charge in [-0.1, -0.05) is 29.5 Å². The van der Waals surface area contributed by atoms with Gasteiger partial charge in [-0.25, -0.2) is 4.98 Å². The van der Waals surface area contributed by atoms with Gasteiger partial charge in [0.05, 0.1) is 5.69 Å². The molecule has 10 heteroatoms. The molecule has 2 heterocycles. The number of carbonyl (C=O) groups excluding carboxylic acids is 3. The highest BCUT2D eigenvalue weighted by Gasteiger charge is 2.20. The Labute approximate surface area is 164 Å². The molecule has 3 rings (SSSR count). The Balaban J connectivity index is 1.67. The third-order valence-electron chi connectivity index (χ3n) is 3.61. The Morgan fingerprint density at radius 1 is 1.04 bits per heavy atom. The standard InChI is InChI=1S/C18H17N5O4S/c1-10-13(16(26)23(2)3)28-18(19-10)22-15(25)12-9-27-17(20-12)21-14(24)11-7-5-4-6-8-11/h4-9H,1-3H3,(H,19,22,25)(H,20,21,24). The monoisotopic (exact) mass is 399 g/mol. The van der Waals surface area contributed by atoms with Crippen molar-refractivity contribution in [2.45, 2.75) is 6.92 Å². The summed E-state index contributed by atoms with van der Waals surface area (Å²) >= 11 is 1.07. The van der Waals surface area contributed by atoms with E-state index >= 15 is 0 Å². The van der Waals surface area contributed by atoms with Crippen LogP contribution in [-0.2, 0) is 0 Å². The molecule has 1 aromatic carbocycles. The minimum Gasteiger partial charge on any atom is -0.431 e. The zero-order chi connectivity index (χ0) is 20.3. The number of carbonyl (C=O) groups is 3. The highest BCUT2D eigenvalue weighted by molar-refractivity contribution is 7.17. The Kier molecular flexibility index (Phi) is 5.50. The van der Waals surface area contributed by atoms with Crippen LogP contribution in [-0.4, -0.2) is 46.7 Å². The summed E-state index contributed by atoms with van der Waals surface area (Å²) in [6.07, 6.45) is 1.13. The number of benzene rings is 1. The van der Waals surface area contributed by atoms with Crippen molar-refractivity contribution in [2.24, 2.45) is 0 Å². The largest absolute Gasteiger partial charge is 0.431 e. The van der Waals surface area contributed by atoms with Crippen molar-refractivity contribution in [2.75, 3.05) is 24.7 Å². The van der Waals surface area contributed by atoms with Crippen molar-refractivity contribution in [3.05, 3.63) is 58.4 Å². The van der Waals surface area contributed by atoms with Gasteiger partial charge in [-0.3, -0.25) is 25.0 Å². The molecule has 2 aromatic heterocycles. The van der Waals surface area contributed by atoms with E-state index in [1.165, 1.54) is 4.90 Å². The number of rotatable bonds is 5. The van der Waals surface area contributed by atoms with Crippen LogP contribution in [0.2, 0.25) is 0 Å². The lowest BCUT2D eigenvalue weighted by atomic mass is 10.2. The Hall–Kier alpha value is -3.53. The van der Waals surface area contributed by atoms with E-state index in [0.717, 1.165) is 17.6 Å². The first-order valence-electron chi connectivity index (χ1n) is 8.17. The minimum atomic E-state index is -0.568. The number of amides is 3. The molecule has 28 heavy (non-hydrogen) atoms. The van der Waals surface area contributed by atoms with Crippen LogP contribution in [0.3, 0.4) is 0 Å². The highest BCUT2D eigenvalue weighted by atomic mass is 32.1. The second-order valence-corrected chi connectivity index (χ2v) is 6.94. The van der Waals surface area contributed by atoms with E-state index in [4.69, 9.17) is 4.42 Å². The SMILES string of the molecule is Cc1nc(NC(=O)c2coc(NC(=O)c3ccccc3)n2)sc1C(=O)N(C)C. The summed E-state index contributed by atoms with van der Waals surface area (Å²) in [7, 11) is 3.28. The maximum atomic E-state index is 12.3. The summed E-state index contributed by atoms with van der Waals surface area (Å²) in [5.41, 5.74) is 0.926. The quantitative estimate of drug-likeness (QED) is 0.681. The maximum absolute atomic E-state index is 12.3. The molecule has 2 N–H and O–H groups in total. The Morgan fingerprint density at radius 3 is 2.43 bits per heavy atom. The van der Waals surface area contributed by atoms with Crippen molar-refractivity contribution in [3.63, 3.8) is 0 Å². The lowest BCUT2D eigenvalue weighted by molar-refractivity contribution is 0.0830. The molecule has 0 aliphatic rings. The number of oxazole rings is 1. The topological polar surface area (TPSA) is 117 Å². The van der Waals surface area contributed by atoms with E-state index in [1.54, 1.807) is 51.4 Å². The highest BCUT2D eigenvalue weighted by Crippen LogP contribution is 2.24. The van der Waals surface area contributed by atoms with Gasteiger partial charge in [0.2, 0.25) is 0 Å². The second-order valence-electron chi connectivity index (χ2n) is 5.95. The molecule has 0 saturated carbocycles. The summed E-state index contributed by atoms with van der Waals surface area (Å²) < 4.78 is 5.13. The van der Waals surface area contributed by atoms with Gasteiger partial charge >= 0.3 is 6.01 Å². The summed E-state index contributed by atoms with van der Waals surface area (Å²) in [6, 6.07) is 8.44. The predicted molar refractivity (Wildman–Crippen MR) is 104 cm³/mol. The number of nitrogens with one attached hydrogen (secondary N) is 2. The molecule has 0 radical (unpaired) electrons. The second kappa shape index (κ2) is 8.01. The fourth-order valence-corrected chi connectivity index (χ4v) is 3.19. The van der Waals surface area contributed by atoms with Gasteiger partial charge in [0.15, 0.2) is 10.8 Å². The third kappa shape index (κ3) is 4.23. The predicted octanol–water partition coefficient (Wildman–Crippen LogP) is 2.65. The number of nitrogens with zero attached hydrogens (tertiary/aromatic N) is 3. The zero-order valence-electron chi connectivity index (χ0n) is 15.3. The average Bonchev–Trinajstić information content (AvgIpc) is 3.28. The minimum absolute atomic E-state index is 0.0308. The summed E-state index contributed by atoms with van der Waals surface area (Å²) in [5, 5.41) is 5.32. The van der Waals surface area contributed by atoms with Crippen molar-refractivity contribution < 1.29 is 18.8 Å². The first kappa shape index (κ1) is 19.2. The van der Waals surface area contributed by atoms with Crippen molar-refractivity contribution in [1.29, 1.82) is 0 Å².